The molecule has 0 saturated carbocycles. The predicted molar refractivity (Wildman–Crippen MR) is 65.5 cm³/mol. The summed E-state index contributed by atoms with van der Waals surface area (Å²) >= 11 is 0. The van der Waals surface area contributed by atoms with Crippen molar-refractivity contribution in [1.82, 2.24) is 10.0 Å². The van der Waals surface area contributed by atoms with Crippen molar-refractivity contribution in [3.8, 4) is 12.3 Å². The average Bonchev–Trinajstić information content (AvgIpc) is 2.25. The van der Waals surface area contributed by atoms with Crippen LogP contribution in [0.25, 0.3) is 0 Å². The lowest BCUT2D eigenvalue weighted by Gasteiger charge is -2.22. The van der Waals surface area contributed by atoms with Gasteiger partial charge in [-0.15, -0.1) is 12.3 Å². The van der Waals surface area contributed by atoms with Gasteiger partial charge in [0.05, 0.1) is 5.75 Å². The van der Waals surface area contributed by atoms with Crippen LogP contribution in [0.5, 0.6) is 0 Å². The Hall–Kier alpha value is -0.570. The number of piperidine rings is 1. The molecule has 16 heavy (non-hydrogen) atoms. The largest absolute Gasteiger partial charge is 0.317 e. The zero-order valence-electron chi connectivity index (χ0n) is 9.54. The molecule has 1 saturated heterocycles. The van der Waals surface area contributed by atoms with E-state index in [0.717, 1.165) is 25.9 Å². The Labute approximate surface area is 98.2 Å². The second-order valence-electron chi connectivity index (χ2n) is 4.18. The second kappa shape index (κ2) is 6.89. The van der Waals surface area contributed by atoms with Crippen LogP contribution in [0.3, 0.4) is 0 Å². The fourth-order valence-electron chi connectivity index (χ4n) is 1.84. The first-order chi connectivity index (χ1) is 7.64. The van der Waals surface area contributed by atoms with E-state index in [1.807, 2.05) is 0 Å². The smallest absolute Gasteiger partial charge is 0.211 e. The average molecular weight is 244 g/mol. The van der Waals surface area contributed by atoms with Gasteiger partial charge in [-0.3, -0.25) is 0 Å². The molecule has 4 nitrogen and oxygen atoms in total. The van der Waals surface area contributed by atoms with Gasteiger partial charge in [0.15, 0.2) is 0 Å². The molecule has 0 amide bonds. The van der Waals surface area contributed by atoms with Gasteiger partial charge in [0.2, 0.25) is 10.0 Å². The molecule has 1 aliphatic heterocycles. The highest BCUT2D eigenvalue weighted by atomic mass is 32.2. The maximum absolute atomic E-state index is 11.7. The Balaban J connectivity index is 2.25. The summed E-state index contributed by atoms with van der Waals surface area (Å²) in [5, 5.41) is 3.22. The zero-order valence-corrected chi connectivity index (χ0v) is 10.4. The lowest BCUT2D eigenvalue weighted by atomic mass is 10.0. The Kier molecular flexibility index (Phi) is 5.81. The second-order valence-corrected chi connectivity index (χ2v) is 6.03. The first-order valence-electron chi connectivity index (χ1n) is 5.75. The monoisotopic (exact) mass is 244 g/mol. The summed E-state index contributed by atoms with van der Waals surface area (Å²) in [5.74, 6) is 3.04. The SMILES string of the molecule is C#CCCCNS(=O)(=O)CC1CCNCC1. The molecule has 0 aromatic carbocycles. The van der Waals surface area contributed by atoms with Crippen LogP contribution >= 0.6 is 0 Å². The van der Waals surface area contributed by atoms with E-state index < -0.39 is 10.0 Å². The Morgan fingerprint density at radius 2 is 2.06 bits per heavy atom. The van der Waals surface area contributed by atoms with Crippen molar-refractivity contribution in [2.24, 2.45) is 5.92 Å². The molecule has 0 aromatic heterocycles. The maximum Gasteiger partial charge on any atom is 0.211 e. The molecule has 1 fully saturated rings. The summed E-state index contributed by atoms with van der Waals surface area (Å²) in [6.45, 7) is 2.31. The van der Waals surface area contributed by atoms with E-state index in [1.54, 1.807) is 0 Å². The minimum atomic E-state index is -3.11. The quantitative estimate of drug-likeness (QED) is 0.522. The first kappa shape index (κ1) is 13.5. The fourth-order valence-corrected chi connectivity index (χ4v) is 3.36. The zero-order chi connectivity index (χ0) is 11.9. The van der Waals surface area contributed by atoms with Crippen molar-refractivity contribution in [2.45, 2.75) is 25.7 Å². The number of terminal acetylenes is 1. The van der Waals surface area contributed by atoms with Gasteiger partial charge in [-0.25, -0.2) is 13.1 Å². The number of hydrogen-bond acceptors (Lipinski definition) is 3. The van der Waals surface area contributed by atoms with Gasteiger partial charge in [0.1, 0.15) is 0 Å². The number of unbranched alkanes of at least 4 members (excludes halogenated alkanes) is 1. The van der Waals surface area contributed by atoms with Gasteiger partial charge < -0.3 is 5.32 Å². The number of hydrogen-bond donors (Lipinski definition) is 2. The lowest BCUT2D eigenvalue weighted by Crippen LogP contribution is -2.35. The van der Waals surface area contributed by atoms with E-state index in [2.05, 4.69) is 16.0 Å². The van der Waals surface area contributed by atoms with Crippen molar-refractivity contribution in [3.05, 3.63) is 0 Å². The van der Waals surface area contributed by atoms with Gasteiger partial charge in [0.25, 0.3) is 0 Å². The highest BCUT2D eigenvalue weighted by Crippen LogP contribution is 2.13. The maximum atomic E-state index is 11.7. The summed E-state index contributed by atoms with van der Waals surface area (Å²) in [5.41, 5.74) is 0. The third-order valence-electron chi connectivity index (χ3n) is 2.73. The highest BCUT2D eigenvalue weighted by molar-refractivity contribution is 7.89. The van der Waals surface area contributed by atoms with E-state index >= 15 is 0 Å². The van der Waals surface area contributed by atoms with Gasteiger partial charge in [-0.2, -0.15) is 0 Å². The van der Waals surface area contributed by atoms with Crippen LogP contribution in [-0.2, 0) is 10.0 Å². The van der Waals surface area contributed by atoms with Crippen LogP contribution in [0, 0.1) is 18.3 Å². The molecule has 1 aliphatic rings. The molecule has 1 heterocycles. The van der Waals surface area contributed by atoms with E-state index in [4.69, 9.17) is 6.42 Å². The molecular formula is C11H20N2O2S. The van der Waals surface area contributed by atoms with Crippen molar-refractivity contribution >= 4 is 10.0 Å². The molecule has 92 valence electrons. The third kappa shape index (κ3) is 5.50. The van der Waals surface area contributed by atoms with Crippen LogP contribution in [0.2, 0.25) is 0 Å². The molecule has 5 heteroatoms. The van der Waals surface area contributed by atoms with Crippen LogP contribution in [-0.4, -0.2) is 33.8 Å². The van der Waals surface area contributed by atoms with E-state index in [1.165, 1.54) is 0 Å². The standard InChI is InChI=1S/C11H20N2O2S/c1-2-3-4-7-13-16(14,15)10-11-5-8-12-9-6-11/h1,11-13H,3-10H2. The Bertz CT molecular complexity index is 326. The Morgan fingerprint density at radius 1 is 1.38 bits per heavy atom. The summed E-state index contributed by atoms with van der Waals surface area (Å²) in [6.07, 6.45) is 8.32. The minimum Gasteiger partial charge on any atom is -0.317 e. The summed E-state index contributed by atoms with van der Waals surface area (Å²) in [4.78, 5) is 0. The van der Waals surface area contributed by atoms with Gasteiger partial charge >= 0.3 is 0 Å². The van der Waals surface area contributed by atoms with Crippen molar-refractivity contribution in [2.75, 3.05) is 25.4 Å². The molecule has 0 atom stereocenters. The van der Waals surface area contributed by atoms with Gasteiger partial charge in [-0.05, 0) is 38.3 Å². The normalized spacial score (nSPS) is 18.2. The number of rotatable bonds is 6. The predicted octanol–water partition coefficient (Wildman–Crippen LogP) is 0.319. The van der Waals surface area contributed by atoms with Crippen molar-refractivity contribution in [1.29, 1.82) is 0 Å². The van der Waals surface area contributed by atoms with E-state index in [0.29, 0.717) is 25.3 Å². The minimum absolute atomic E-state index is 0.255. The summed E-state index contributed by atoms with van der Waals surface area (Å²) in [7, 11) is -3.11. The van der Waals surface area contributed by atoms with Crippen LogP contribution in [0.4, 0.5) is 0 Å². The molecule has 0 bridgehead atoms. The number of nitrogens with one attached hydrogen (secondary N) is 2. The summed E-state index contributed by atoms with van der Waals surface area (Å²) in [6, 6.07) is 0. The van der Waals surface area contributed by atoms with E-state index in [9.17, 15) is 8.42 Å². The van der Waals surface area contributed by atoms with Crippen LogP contribution in [0.1, 0.15) is 25.7 Å². The van der Waals surface area contributed by atoms with Crippen molar-refractivity contribution in [3.63, 3.8) is 0 Å². The van der Waals surface area contributed by atoms with Gasteiger partial charge in [-0.1, -0.05) is 0 Å². The van der Waals surface area contributed by atoms with Gasteiger partial charge in [0, 0.05) is 13.0 Å². The molecule has 0 radical (unpaired) electrons. The highest BCUT2D eigenvalue weighted by Gasteiger charge is 2.20. The van der Waals surface area contributed by atoms with Crippen LogP contribution in [0.15, 0.2) is 0 Å². The van der Waals surface area contributed by atoms with Crippen molar-refractivity contribution < 1.29 is 8.42 Å². The Morgan fingerprint density at radius 3 is 2.69 bits per heavy atom. The molecular weight excluding hydrogens is 224 g/mol. The fraction of sp³-hybridized carbons (Fsp3) is 0.818. The molecule has 1 rings (SSSR count). The molecule has 0 aliphatic carbocycles. The summed E-state index contributed by atoms with van der Waals surface area (Å²) < 4.78 is 26.0. The first-order valence-corrected chi connectivity index (χ1v) is 7.41. The third-order valence-corrected chi connectivity index (χ3v) is 4.29. The molecule has 0 spiro atoms. The van der Waals surface area contributed by atoms with E-state index in [-0.39, 0.29) is 5.75 Å². The topological polar surface area (TPSA) is 58.2 Å². The molecule has 0 unspecified atom stereocenters. The molecule has 2 N–H and O–H groups in total. The number of sulfonamides is 1. The molecule has 0 aromatic rings. The lowest BCUT2D eigenvalue weighted by molar-refractivity contribution is 0.400. The van der Waals surface area contributed by atoms with Crippen LogP contribution < -0.4 is 10.0 Å².